The molecule has 0 radical (unpaired) electrons. The second-order valence-electron chi connectivity index (χ2n) is 5.75. The second kappa shape index (κ2) is 6.65. The second-order valence-corrected chi connectivity index (χ2v) is 7.64. The number of rotatable bonds is 4. The normalized spacial score (nSPS) is 14.1. The average Bonchev–Trinajstić information content (AvgIpc) is 2.61. The van der Waals surface area contributed by atoms with Crippen LogP contribution in [0.1, 0.15) is 27.9 Å². The summed E-state index contributed by atoms with van der Waals surface area (Å²) in [5.74, 6) is -0.530. The fourth-order valence-corrected chi connectivity index (χ4v) is 4.59. The Balaban J connectivity index is 1.83. The summed E-state index contributed by atoms with van der Waals surface area (Å²) in [5.41, 5.74) is 2.89. The number of hydrogen-bond donors (Lipinski definition) is 0. The molecule has 1 aliphatic rings. The van der Waals surface area contributed by atoms with Crippen LogP contribution in [0.15, 0.2) is 48.5 Å². The molecule has 0 unspecified atom stereocenters. The van der Waals surface area contributed by atoms with E-state index in [1.165, 1.54) is 11.4 Å². The summed E-state index contributed by atoms with van der Waals surface area (Å²) < 4.78 is 31.8. The Morgan fingerprint density at radius 1 is 1.12 bits per heavy atom. The molecule has 2 aromatic rings. The largest absolute Gasteiger partial charge is 0.465 e. The van der Waals surface area contributed by atoms with Crippen molar-refractivity contribution >= 4 is 21.7 Å². The van der Waals surface area contributed by atoms with E-state index >= 15 is 0 Å². The number of ether oxygens (including phenoxy) is 1. The van der Waals surface area contributed by atoms with E-state index in [0.29, 0.717) is 17.7 Å². The molecule has 0 bridgehead atoms. The summed E-state index contributed by atoms with van der Waals surface area (Å²) in [4.78, 5) is 11.4. The summed E-state index contributed by atoms with van der Waals surface area (Å²) in [6, 6.07) is 14.1. The van der Waals surface area contributed by atoms with Gasteiger partial charge in [0.15, 0.2) is 0 Å². The number of fused-ring (bicyclic) bond motifs is 1. The molecule has 0 aliphatic carbocycles. The van der Waals surface area contributed by atoms with E-state index in [1.807, 2.05) is 24.3 Å². The van der Waals surface area contributed by atoms with E-state index in [9.17, 15) is 13.2 Å². The number of methoxy groups -OCH3 is 1. The third-order valence-electron chi connectivity index (χ3n) is 4.13. The standard InChI is InChI=1S/C18H19NO4S/c1-23-18(20)16-10-8-14(9-11-16)13-24(21,22)19-12-4-6-15-5-2-3-7-17(15)19/h2-3,5,7-11H,4,6,12-13H2,1H3. The number of para-hydroxylation sites is 1. The number of anilines is 1. The summed E-state index contributed by atoms with van der Waals surface area (Å²) >= 11 is 0. The first-order valence-corrected chi connectivity index (χ1v) is 9.38. The van der Waals surface area contributed by atoms with Crippen molar-refractivity contribution in [1.29, 1.82) is 0 Å². The van der Waals surface area contributed by atoms with Crippen molar-refractivity contribution in [2.45, 2.75) is 18.6 Å². The first kappa shape index (κ1) is 16.5. The SMILES string of the molecule is COC(=O)c1ccc(CS(=O)(=O)N2CCCc3ccccc32)cc1. The minimum Gasteiger partial charge on any atom is -0.465 e. The van der Waals surface area contributed by atoms with E-state index < -0.39 is 16.0 Å². The zero-order chi connectivity index (χ0) is 17.2. The number of carbonyl (C=O) groups excluding carboxylic acids is 1. The van der Waals surface area contributed by atoms with Crippen LogP contribution in [0, 0.1) is 0 Å². The van der Waals surface area contributed by atoms with Crippen LogP contribution in [-0.2, 0) is 26.9 Å². The van der Waals surface area contributed by atoms with Crippen LogP contribution in [-0.4, -0.2) is 28.0 Å². The number of carbonyl (C=O) groups is 1. The summed E-state index contributed by atoms with van der Waals surface area (Å²) in [6.07, 6.45) is 1.72. The van der Waals surface area contributed by atoms with Gasteiger partial charge in [-0.2, -0.15) is 0 Å². The smallest absolute Gasteiger partial charge is 0.337 e. The Hall–Kier alpha value is -2.34. The first-order valence-electron chi connectivity index (χ1n) is 7.77. The lowest BCUT2D eigenvalue weighted by atomic mass is 10.0. The number of hydrogen-bond acceptors (Lipinski definition) is 4. The summed E-state index contributed by atoms with van der Waals surface area (Å²) in [7, 11) is -2.16. The Morgan fingerprint density at radius 2 is 1.83 bits per heavy atom. The molecule has 6 heteroatoms. The van der Waals surface area contributed by atoms with Gasteiger partial charge in [0.2, 0.25) is 10.0 Å². The fourth-order valence-electron chi connectivity index (χ4n) is 2.93. The van der Waals surface area contributed by atoms with Crippen molar-refractivity contribution in [3.05, 3.63) is 65.2 Å². The molecule has 0 amide bonds. The van der Waals surface area contributed by atoms with Crippen LogP contribution >= 0.6 is 0 Å². The molecule has 1 heterocycles. The Morgan fingerprint density at radius 3 is 2.54 bits per heavy atom. The van der Waals surface area contributed by atoms with Gasteiger partial charge in [-0.3, -0.25) is 4.31 Å². The van der Waals surface area contributed by atoms with Crippen molar-refractivity contribution < 1.29 is 17.9 Å². The topological polar surface area (TPSA) is 63.7 Å². The predicted molar refractivity (Wildman–Crippen MR) is 92.5 cm³/mol. The highest BCUT2D eigenvalue weighted by molar-refractivity contribution is 7.92. The molecule has 0 N–H and O–H groups in total. The molecule has 0 aromatic heterocycles. The molecule has 0 atom stereocenters. The molecule has 0 fully saturated rings. The lowest BCUT2D eigenvalue weighted by Crippen LogP contribution is -2.36. The third-order valence-corrected chi connectivity index (χ3v) is 5.88. The maximum Gasteiger partial charge on any atom is 0.337 e. The van der Waals surface area contributed by atoms with Gasteiger partial charge in [0.1, 0.15) is 0 Å². The van der Waals surface area contributed by atoms with Crippen LogP contribution in [0.4, 0.5) is 5.69 Å². The van der Waals surface area contributed by atoms with E-state index in [2.05, 4.69) is 4.74 Å². The number of sulfonamides is 1. The van der Waals surface area contributed by atoms with Gasteiger partial charge in [-0.1, -0.05) is 30.3 Å². The van der Waals surface area contributed by atoms with Crippen LogP contribution < -0.4 is 4.31 Å². The maximum absolute atomic E-state index is 12.8. The zero-order valence-corrected chi connectivity index (χ0v) is 14.3. The lowest BCUT2D eigenvalue weighted by molar-refractivity contribution is 0.0600. The van der Waals surface area contributed by atoms with Crippen LogP contribution in [0.25, 0.3) is 0 Å². The molecule has 2 aromatic carbocycles. The van der Waals surface area contributed by atoms with Gasteiger partial charge in [0.25, 0.3) is 0 Å². The summed E-state index contributed by atoms with van der Waals surface area (Å²) in [6.45, 7) is 0.500. The number of aryl methyl sites for hydroxylation is 1. The molecular formula is C18H19NO4S. The fraction of sp³-hybridized carbons (Fsp3) is 0.278. The van der Waals surface area contributed by atoms with Crippen LogP contribution in [0.2, 0.25) is 0 Å². The Kier molecular flexibility index (Phi) is 4.57. The molecule has 24 heavy (non-hydrogen) atoms. The minimum atomic E-state index is -3.47. The van der Waals surface area contributed by atoms with Gasteiger partial charge in [0, 0.05) is 6.54 Å². The molecule has 126 valence electrons. The number of esters is 1. The molecule has 0 saturated carbocycles. The van der Waals surface area contributed by atoms with Gasteiger partial charge < -0.3 is 4.74 Å². The van der Waals surface area contributed by atoms with Crippen molar-refractivity contribution in [2.75, 3.05) is 18.0 Å². The molecule has 0 spiro atoms. The van der Waals surface area contributed by atoms with Crippen LogP contribution in [0.5, 0.6) is 0 Å². The first-order chi connectivity index (χ1) is 11.5. The average molecular weight is 345 g/mol. The van der Waals surface area contributed by atoms with Crippen molar-refractivity contribution in [3.63, 3.8) is 0 Å². The van der Waals surface area contributed by atoms with Crippen LogP contribution in [0.3, 0.4) is 0 Å². The van der Waals surface area contributed by atoms with Gasteiger partial charge in [0.05, 0.1) is 24.1 Å². The van der Waals surface area contributed by atoms with Gasteiger partial charge >= 0.3 is 5.97 Å². The molecular weight excluding hydrogens is 326 g/mol. The van der Waals surface area contributed by atoms with E-state index in [0.717, 1.165) is 24.1 Å². The quantitative estimate of drug-likeness (QED) is 0.800. The molecule has 0 saturated heterocycles. The molecule has 1 aliphatic heterocycles. The Bertz CT molecular complexity index is 844. The third kappa shape index (κ3) is 3.28. The molecule has 5 nitrogen and oxygen atoms in total. The van der Waals surface area contributed by atoms with Gasteiger partial charge in [-0.25, -0.2) is 13.2 Å². The maximum atomic E-state index is 12.8. The minimum absolute atomic E-state index is 0.0945. The van der Waals surface area contributed by atoms with Gasteiger partial charge in [-0.15, -0.1) is 0 Å². The highest BCUT2D eigenvalue weighted by atomic mass is 32.2. The van der Waals surface area contributed by atoms with Crippen molar-refractivity contribution in [2.24, 2.45) is 0 Å². The van der Waals surface area contributed by atoms with Crippen molar-refractivity contribution in [3.8, 4) is 0 Å². The number of benzene rings is 2. The monoisotopic (exact) mass is 345 g/mol. The zero-order valence-electron chi connectivity index (χ0n) is 13.4. The predicted octanol–water partition coefficient (Wildman–Crippen LogP) is 2.76. The highest BCUT2D eigenvalue weighted by Gasteiger charge is 2.27. The Labute approximate surface area is 141 Å². The van der Waals surface area contributed by atoms with Gasteiger partial charge in [-0.05, 0) is 42.2 Å². The highest BCUT2D eigenvalue weighted by Crippen LogP contribution is 2.30. The lowest BCUT2D eigenvalue weighted by Gasteiger charge is -2.30. The number of nitrogens with zero attached hydrogens (tertiary/aromatic N) is 1. The van der Waals surface area contributed by atoms with Crippen molar-refractivity contribution in [1.82, 2.24) is 0 Å². The molecule has 3 rings (SSSR count). The summed E-state index contributed by atoms with van der Waals surface area (Å²) in [5, 5.41) is 0. The van der Waals surface area contributed by atoms with E-state index in [1.54, 1.807) is 24.3 Å². The van der Waals surface area contributed by atoms with E-state index in [4.69, 9.17) is 0 Å². The van der Waals surface area contributed by atoms with E-state index in [-0.39, 0.29) is 5.75 Å².